The van der Waals surface area contributed by atoms with E-state index < -0.39 is 5.41 Å². The average Bonchev–Trinajstić information content (AvgIpc) is 2.16. The van der Waals surface area contributed by atoms with Gasteiger partial charge in [0.05, 0.1) is 19.3 Å². The fraction of sp³-hybridized carbons (Fsp3) is 0.273. The highest BCUT2D eigenvalue weighted by atomic mass is 79.9. The summed E-state index contributed by atoms with van der Waals surface area (Å²) >= 11 is 3.31. The first-order valence-corrected chi connectivity index (χ1v) is 5.52. The van der Waals surface area contributed by atoms with Gasteiger partial charge in [0, 0.05) is 10.2 Å². The number of nitrogens with zero attached hydrogens (tertiary/aromatic N) is 1. The summed E-state index contributed by atoms with van der Waals surface area (Å²) < 4.78 is 5.80. The molecule has 1 heterocycles. The predicted molar refractivity (Wildman–Crippen MR) is 61.6 cm³/mol. The molecule has 5 heteroatoms. The SMILES string of the molecule is N#CC1(C(=O)Nc2cccc(Br)c2)COC1. The quantitative estimate of drug-likeness (QED) is 0.901. The van der Waals surface area contributed by atoms with Gasteiger partial charge in [-0.2, -0.15) is 5.26 Å². The van der Waals surface area contributed by atoms with Crippen molar-refractivity contribution in [1.82, 2.24) is 0 Å². The van der Waals surface area contributed by atoms with E-state index in [0.717, 1.165) is 4.47 Å². The number of halogens is 1. The minimum Gasteiger partial charge on any atom is -0.377 e. The predicted octanol–water partition coefficient (Wildman–Crippen LogP) is 1.93. The van der Waals surface area contributed by atoms with Crippen LogP contribution in [0, 0.1) is 16.7 Å². The van der Waals surface area contributed by atoms with Crippen LogP contribution in [-0.2, 0) is 9.53 Å². The molecule has 16 heavy (non-hydrogen) atoms. The third-order valence-electron chi connectivity index (χ3n) is 2.43. The standard InChI is InChI=1S/C11H9BrN2O2/c12-8-2-1-3-9(4-8)14-10(15)11(5-13)6-16-7-11/h1-4H,6-7H2,(H,14,15). The van der Waals surface area contributed by atoms with Crippen LogP contribution < -0.4 is 5.32 Å². The highest BCUT2D eigenvalue weighted by molar-refractivity contribution is 9.10. The fourth-order valence-corrected chi connectivity index (χ4v) is 1.77. The normalized spacial score (nSPS) is 17.0. The number of carbonyl (C=O) groups excluding carboxylic acids is 1. The second-order valence-electron chi connectivity index (χ2n) is 3.65. The second kappa shape index (κ2) is 4.24. The van der Waals surface area contributed by atoms with E-state index in [-0.39, 0.29) is 19.1 Å². The molecule has 0 atom stereocenters. The Bertz CT molecular complexity index is 463. The van der Waals surface area contributed by atoms with Crippen molar-refractivity contribution < 1.29 is 9.53 Å². The minimum absolute atomic E-state index is 0.170. The molecule has 0 aromatic heterocycles. The van der Waals surface area contributed by atoms with Gasteiger partial charge in [-0.15, -0.1) is 0 Å². The summed E-state index contributed by atoms with van der Waals surface area (Å²) in [6, 6.07) is 9.23. The van der Waals surface area contributed by atoms with Gasteiger partial charge in [-0.1, -0.05) is 22.0 Å². The summed E-state index contributed by atoms with van der Waals surface area (Å²) in [5.74, 6) is -0.306. The lowest BCUT2D eigenvalue weighted by atomic mass is 9.87. The van der Waals surface area contributed by atoms with Crippen LogP contribution in [-0.4, -0.2) is 19.1 Å². The Balaban J connectivity index is 2.11. The van der Waals surface area contributed by atoms with Crippen molar-refractivity contribution in [1.29, 1.82) is 5.26 Å². The van der Waals surface area contributed by atoms with Crippen molar-refractivity contribution in [3.05, 3.63) is 28.7 Å². The molecule has 4 nitrogen and oxygen atoms in total. The molecule has 0 unspecified atom stereocenters. The van der Waals surface area contributed by atoms with Crippen LogP contribution in [0.2, 0.25) is 0 Å². The molecule has 82 valence electrons. The molecule has 0 saturated carbocycles. The van der Waals surface area contributed by atoms with Crippen LogP contribution in [0.3, 0.4) is 0 Å². The molecular formula is C11H9BrN2O2. The Morgan fingerprint density at radius 3 is 2.81 bits per heavy atom. The Hall–Kier alpha value is -1.38. The van der Waals surface area contributed by atoms with E-state index in [1.807, 2.05) is 18.2 Å². The number of ether oxygens (including phenoxy) is 1. The summed E-state index contributed by atoms with van der Waals surface area (Å²) in [7, 11) is 0. The molecule has 1 aliphatic heterocycles. The lowest BCUT2D eigenvalue weighted by Gasteiger charge is -2.33. The first-order valence-electron chi connectivity index (χ1n) is 4.72. The van der Waals surface area contributed by atoms with E-state index in [9.17, 15) is 4.79 Å². The number of nitriles is 1. The van der Waals surface area contributed by atoms with Crippen LogP contribution >= 0.6 is 15.9 Å². The Morgan fingerprint density at radius 1 is 1.56 bits per heavy atom. The van der Waals surface area contributed by atoms with Crippen LogP contribution in [0.25, 0.3) is 0 Å². The molecule has 1 aromatic rings. The lowest BCUT2D eigenvalue weighted by Crippen LogP contribution is -2.50. The van der Waals surface area contributed by atoms with E-state index in [4.69, 9.17) is 10.00 Å². The summed E-state index contributed by atoms with van der Waals surface area (Å²) in [4.78, 5) is 11.8. The maximum Gasteiger partial charge on any atom is 0.249 e. The molecule has 1 N–H and O–H groups in total. The molecule has 0 bridgehead atoms. The Morgan fingerprint density at radius 2 is 2.31 bits per heavy atom. The van der Waals surface area contributed by atoms with Crippen molar-refractivity contribution in [3.63, 3.8) is 0 Å². The molecule has 0 radical (unpaired) electrons. The monoisotopic (exact) mass is 280 g/mol. The van der Waals surface area contributed by atoms with Crippen molar-refractivity contribution in [2.45, 2.75) is 0 Å². The molecule has 1 fully saturated rings. The van der Waals surface area contributed by atoms with Gasteiger partial charge >= 0.3 is 0 Å². The van der Waals surface area contributed by atoms with Gasteiger partial charge in [-0.05, 0) is 18.2 Å². The zero-order chi connectivity index (χ0) is 11.6. The highest BCUT2D eigenvalue weighted by Crippen LogP contribution is 2.28. The number of rotatable bonds is 2. The molecule has 1 aliphatic rings. The minimum atomic E-state index is -1.01. The topological polar surface area (TPSA) is 62.1 Å². The summed E-state index contributed by atoms with van der Waals surface area (Å²) in [5.41, 5.74) is -0.344. The molecule has 1 amide bonds. The molecular weight excluding hydrogens is 272 g/mol. The number of carbonyl (C=O) groups is 1. The van der Waals surface area contributed by atoms with Crippen molar-refractivity contribution in [2.24, 2.45) is 5.41 Å². The third kappa shape index (κ3) is 1.94. The summed E-state index contributed by atoms with van der Waals surface area (Å²) in [5, 5.41) is 11.6. The molecule has 1 aromatic carbocycles. The van der Waals surface area contributed by atoms with E-state index in [2.05, 4.69) is 21.2 Å². The zero-order valence-corrected chi connectivity index (χ0v) is 9.95. The van der Waals surface area contributed by atoms with Gasteiger partial charge < -0.3 is 10.1 Å². The average molecular weight is 281 g/mol. The summed E-state index contributed by atoms with van der Waals surface area (Å²) in [6.07, 6.45) is 0. The smallest absolute Gasteiger partial charge is 0.249 e. The first-order chi connectivity index (χ1) is 7.66. The molecule has 0 spiro atoms. The first kappa shape index (κ1) is 11.1. The van der Waals surface area contributed by atoms with Crippen molar-refractivity contribution in [2.75, 3.05) is 18.5 Å². The Kier molecular flexibility index (Phi) is 2.95. The van der Waals surface area contributed by atoms with Crippen molar-refractivity contribution >= 4 is 27.5 Å². The van der Waals surface area contributed by atoms with E-state index >= 15 is 0 Å². The largest absolute Gasteiger partial charge is 0.377 e. The highest BCUT2D eigenvalue weighted by Gasteiger charge is 2.46. The van der Waals surface area contributed by atoms with Crippen molar-refractivity contribution in [3.8, 4) is 6.07 Å². The molecule has 0 aliphatic carbocycles. The second-order valence-corrected chi connectivity index (χ2v) is 4.57. The lowest BCUT2D eigenvalue weighted by molar-refractivity contribution is -0.144. The van der Waals surface area contributed by atoms with Crippen LogP contribution in [0.15, 0.2) is 28.7 Å². The van der Waals surface area contributed by atoms with Crippen LogP contribution in [0.4, 0.5) is 5.69 Å². The van der Waals surface area contributed by atoms with Gasteiger partial charge in [-0.3, -0.25) is 4.79 Å². The van der Waals surface area contributed by atoms with E-state index in [1.54, 1.807) is 12.1 Å². The maximum atomic E-state index is 11.8. The third-order valence-corrected chi connectivity index (χ3v) is 2.92. The summed E-state index contributed by atoms with van der Waals surface area (Å²) in [6.45, 7) is 0.340. The fourth-order valence-electron chi connectivity index (χ4n) is 1.37. The number of benzene rings is 1. The van der Waals surface area contributed by atoms with Gasteiger partial charge in [0.1, 0.15) is 0 Å². The van der Waals surface area contributed by atoms with E-state index in [1.165, 1.54) is 0 Å². The number of amides is 1. The molecule has 2 rings (SSSR count). The van der Waals surface area contributed by atoms with Gasteiger partial charge in [-0.25, -0.2) is 0 Å². The van der Waals surface area contributed by atoms with Crippen LogP contribution in [0.5, 0.6) is 0 Å². The number of hydrogen-bond acceptors (Lipinski definition) is 3. The number of anilines is 1. The van der Waals surface area contributed by atoms with Crippen LogP contribution in [0.1, 0.15) is 0 Å². The van der Waals surface area contributed by atoms with Gasteiger partial charge in [0.25, 0.3) is 0 Å². The maximum absolute atomic E-state index is 11.8. The zero-order valence-electron chi connectivity index (χ0n) is 8.37. The Labute approximate surface area is 101 Å². The molecule has 1 saturated heterocycles. The number of nitrogens with one attached hydrogen (secondary N) is 1. The van der Waals surface area contributed by atoms with Gasteiger partial charge in [0.15, 0.2) is 5.41 Å². The van der Waals surface area contributed by atoms with Gasteiger partial charge in [0.2, 0.25) is 5.91 Å². The van der Waals surface area contributed by atoms with E-state index in [0.29, 0.717) is 5.69 Å². The number of hydrogen-bond donors (Lipinski definition) is 1.